The van der Waals surface area contributed by atoms with Crippen molar-refractivity contribution >= 4 is 11.8 Å². The Kier molecular flexibility index (Phi) is 6.68. The van der Waals surface area contributed by atoms with Gasteiger partial charge in [-0.1, -0.05) is 32.1 Å². The third kappa shape index (κ3) is 5.10. The maximum atomic E-state index is 11.9. The quantitative estimate of drug-likeness (QED) is 0.591. The molecule has 1 saturated carbocycles. The molecular weight excluding hydrogens is 266 g/mol. The maximum Gasteiger partial charge on any atom is 0.317 e. The van der Waals surface area contributed by atoms with E-state index in [0.717, 1.165) is 19.0 Å². The Morgan fingerprint density at radius 1 is 1.19 bits per heavy atom. The van der Waals surface area contributed by atoms with E-state index in [1.165, 1.54) is 44.9 Å². The zero-order valence-electron chi connectivity index (χ0n) is 13.3. The Morgan fingerprint density at radius 3 is 2.52 bits per heavy atom. The molecule has 0 unspecified atom stereocenters. The lowest BCUT2D eigenvalue weighted by molar-refractivity contribution is -0.154. The van der Waals surface area contributed by atoms with Gasteiger partial charge in [0.1, 0.15) is 11.7 Å². The van der Waals surface area contributed by atoms with E-state index in [9.17, 15) is 9.59 Å². The SMILES string of the molecule is CCOC(=O)[C@@H]1CN(CC2CCCCCCC2)CCC1=O. The molecule has 0 aromatic heterocycles. The van der Waals surface area contributed by atoms with Gasteiger partial charge >= 0.3 is 5.97 Å². The standard InChI is InChI=1S/C17H29NO3/c1-2-21-17(20)15-13-18(11-10-16(15)19)12-14-8-6-4-3-5-7-9-14/h14-15H,2-13H2,1H3/t15-/m1/s1. The summed E-state index contributed by atoms with van der Waals surface area (Å²) >= 11 is 0. The largest absolute Gasteiger partial charge is 0.465 e. The smallest absolute Gasteiger partial charge is 0.317 e. The number of Topliss-reactive ketones (excluding diaryl/α,β-unsaturated/α-hetero) is 1. The zero-order valence-corrected chi connectivity index (χ0v) is 13.3. The van der Waals surface area contributed by atoms with Gasteiger partial charge in [0.05, 0.1) is 6.61 Å². The summed E-state index contributed by atoms with van der Waals surface area (Å²) in [4.78, 5) is 26.1. The summed E-state index contributed by atoms with van der Waals surface area (Å²) in [5, 5.41) is 0. The van der Waals surface area contributed by atoms with Gasteiger partial charge in [-0.25, -0.2) is 0 Å². The van der Waals surface area contributed by atoms with Crippen molar-refractivity contribution in [1.82, 2.24) is 4.90 Å². The van der Waals surface area contributed by atoms with Gasteiger partial charge in [-0.3, -0.25) is 9.59 Å². The number of nitrogens with zero attached hydrogens (tertiary/aromatic N) is 1. The first-order valence-corrected chi connectivity index (χ1v) is 8.62. The van der Waals surface area contributed by atoms with Crippen LogP contribution in [0.3, 0.4) is 0 Å². The molecule has 0 bridgehead atoms. The number of esters is 1. The highest BCUT2D eigenvalue weighted by molar-refractivity contribution is 5.99. The van der Waals surface area contributed by atoms with Crippen LogP contribution >= 0.6 is 0 Å². The Hall–Kier alpha value is -0.900. The van der Waals surface area contributed by atoms with E-state index in [4.69, 9.17) is 4.74 Å². The number of likely N-dealkylation sites (tertiary alicyclic amines) is 1. The molecule has 0 radical (unpaired) electrons. The number of ether oxygens (including phenoxy) is 1. The van der Waals surface area contributed by atoms with E-state index in [0.29, 0.717) is 19.6 Å². The van der Waals surface area contributed by atoms with E-state index in [1.54, 1.807) is 6.92 Å². The van der Waals surface area contributed by atoms with Crippen LogP contribution in [-0.2, 0) is 14.3 Å². The van der Waals surface area contributed by atoms with Gasteiger partial charge in [0.2, 0.25) is 0 Å². The Bertz CT molecular complexity index is 348. The van der Waals surface area contributed by atoms with Crippen LogP contribution in [0.15, 0.2) is 0 Å². The molecule has 1 saturated heterocycles. The molecule has 1 heterocycles. The van der Waals surface area contributed by atoms with Crippen molar-refractivity contribution in [2.45, 2.75) is 58.3 Å². The number of rotatable bonds is 4. The highest BCUT2D eigenvalue weighted by Gasteiger charge is 2.34. The van der Waals surface area contributed by atoms with Gasteiger partial charge in [0, 0.05) is 26.1 Å². The monoisotopic (exact) mass is 295 g/mol. The van der Waals surface area contributed by atoms with Crippen LogP contribution in [0, 0.1) is 11.8 Å². The van der Waals surface area contributed by atoms with Crippen molar-refractivity contribution in [2.75, 3.05) is 26.2 Å². The first-order chi connectivity index (χ1) is 10.2. The lowest BCUT2D eigenvalue weighted by atomic mass is 9.89. The van der Waals surface area contributed by atoms with Crippen LogP contribution in [-0.4, -0.2) is 42.9 Å². The van der Waals surface area contributed by atoms with Crippen molar-refractivity contribution in [1.29, 1.82) is 0 Å². The van der Waals surface area contributed by atoms with Gasteiger partial charge in [-0.2, -0.15) is 0 Å². The Balaban J connectivity index is 1.85. The fraction of sp³-hybridized carbons (Fsp3) is 0.882. The Morgan fingerprint density at radius 2 is 1.86 bits per heavy atom. The van der Waals surface area contributed by atoms with Crippen molar-refractivity contribution in [2.24, 2.45) is 11.8 Å². The molecule has 2 aliphatic rings. The van der Waals surface area contributed by atoms with E-state index in [1.807, 2.05) is 0 Å². The van der Waals surface area contributed by atoms with Crippen molar-refractivity contribution in [3.05, 3.63) is 0 Å². The highest BCUT2D eigenvalue weighted by Crippen LogP contribution is 2.25. The molecule has 1 aliphatic carbocycles. The molecule has 2 rings (SSSR count). The minimum atomic E-state index is -0.549. The molecule has 0 N–H and O–H groups in total. The lowest BCUT2D eigenvalue weighted by Crippen LogP contribution is -2.46. The molecule has 1 atom stereocenters. The predicted octanol–water partition coefficient (Wildman–Crippen LogP) is 2.80. The fourth-order valence-electron chi connectivity index (χ4n) is 3.60. The average molecular weight is 295 g/mol. The van der Waals surface area contributed by atoms with Crippen LogP contribution < -0.4 is 0 Å². The maximum absolute atomic E-state index is 11.9. The third-order valence-electron chi connectivity index (χ3n) is 4.82. The van der Waals surface area contributed by atoms with Crippen molar-refractivity contribution in [3.63, 3.8) is 0 Å². The van der Waals surface area contributed by atoms with E-state index in [2.05, 4.69) is 4.90 Å². The molecule has 4 nitrogen and oxygen atoms in total. The Labute approximate surface area is 128 Å². The van der Waals surface area contributed by atoms with Gasteiger partial charge in [0.25, 0.3) is 0 Å². The molecular formula is C17H29NO3. The lowest BCUT2D eigenvalue weighted by Gasteiger charge is -2.33. The van der Waals surface area contributed by atoms with Crippen molar-refractivity contribution < 1.29 is 14.3 Å². The van der Waals surface area contributed by atoms with Crippen LogP contribution in [0.2, 0.25) is 0 Å². The molecule has 1 aliphatic heterocycles. The van der Waals surface area contributed by atoms with Crippen molar-refractivity contribution in [3.8, 4) is 0 Å². The van der Waals surface area contributed by atoms with Gasteiger partial charge in [0.15, 0.2) is 0 Å². The number of piperidine rings is 1. The van der Waals surface area contributed by atoms with Crippen LogP contribution in [0.1, 0.15) is 58.3 Å². The first kappa shape index (κ1) is 16.5. The molecule has 2 fully saturated rings. The summed E-state index contributed by atoms with van der Waals surface area (Å²) in [5.74, 6) is -0.0826. The summed E-state index contributed by atoms with van der Waals surface area (Å²) < 4.78 is 5.04. The van der Waals surface area contributed by atoms with Crippen LogP contribution in [0.5, 0.6) is 0 Å². The van der Waals surface area contributed by atoms with Gasteiger partial charge in [-0.15, -0.1) is 0 Å². The average Bonchev–Trinajstić information content (AvgIpc) is 2.43. The summed E-state index contributed by atoms with van der Waals surface area (Å²) in [5.41, 5.74) is 0. The second kappa shape index (κ2) is 8.52. The van der Waals surface area contributed by atoms with Crippen LogP contribution in [0.25, 0.3) is 0 Å². The number of carbonyl (C=O) groups is 2. The predicted molar refractivity (Wildman–Crippen MR) is 82.0 cm³/mol. The summed E-state index contributed by atoms with van der Waals surface area (Å²) in [6.45, 7) is 4.56. The third-order valence-corrected chi connectivity index (χ3v) is 4.82. The van der Waals surface area contributed by atoms with Gasteiger partial charge in [-0.05, 0) is 25.7 Å². The number of ketones is 1. The number of hydrogen-bond acceptors (Lipinski definition) is 4. The molecule has 4 heteroatoms. The topological polar surface area (TPSA) is 46.6 Å². The molecule has 21 heavy (non-hydrogen) atoms. The molecule has 0 aromatic rings. The molecule has 0 aromatic carbocycles. The summed E-state index contributed by atoms with van der Waals surface area (Å²) in [6, 6.07) is 0. The minimum absolute atomic E-state index is 0.0577. The van der Waals surface area contributed by atoms with Crippen LogP contribution in [0.4, 0.5) is 0 Å². The minimum Gasteiger partial charge on any atom is -0.465 e. The highest BCUT2D eigenvalue weighted by atomic mass is 16.5. The summed E-state index contributed by atoms with van der Waals surface area (Å²) in [7, 11) is 0. The molecule has 120 valence electrons. The molecule has 0 spiro atoms. The first-order valence-electron chi connectivity index (χ1n) is 8.62. The zero-order chi connectivity index (χ0) is 15.1. The number of carbonyl (C=O) groups excluding carboxylic acids is 2. The fourth-order valence-corrected chi connectivity index (χ4v) is 3.60. The van der Waals surface area contributed by atoms with E-state index in [-0.39, 0.29) is 11.8 Å². The second-order valence-corrected chi connectivity index (χ2v) is 6.49. The van der Waals surface area contributed by atoms with Gasteiger partial charge < -0.3 is 9.64 Å². The normalized spacial score (nSPS) is 26.1. The summed E-state index contributed by atoms with van der Waals surface area (Å²) in [6.07, 6.45) is 9.87. The van der Waals surface area contributed by atoms with E-state index < -0.39 is 5.92 Å². The second-order valence-electron chi connectivity index (χ2n) is 6.49. The number of hydrogen-bond donors (Lipinski definition) is 0. The molecule has 0 amide bonds. The van der Waals surface area contributed by atoms with E-state index >= 15 is 0 Å².